The summed E-state index contributed by atoms with van der Waals surface area (Å²) in [4.78, 5) is 2.52. The second-order valence-corrected chi connectivity index (χ2v) is 6.84. The van der Waals surface area contributed by atoms with Gasteiger partial charge in [0, 0.05) is 43.7 Å². The molecule has 19 heavy (non-hydrogen) atoms. The van der Waals surface area contributed by atoms with Crippen molar-refractivity contribution in [2.45, 2.75) is 13.0 Å². The number of hydrogen-bond acceptors (Lipinski definition) is 3. The average molecular weight is 319 g/mol. The molecule has 1 aromatic carbocycles. The van der Waals surface area contributed by atoms with Gasteiger partial charge in [-0.25, -0.2) is 0 Å². The van der Waals surface area contributed by atoms with Crippen LogP contribution in [-0.4, -0.2) is 42.6 Å². The Bertz CT molecular complexity index is 408. The van der Waals surface area contributed by atoms with E-state index in [-0.39, 0.29) is 0 Å². The highest BCUT2D eigenvalue weighted by Gasteiger charge is 2.11. The monoisotopic (exact) mass is 318 g/mol. The number of halogens is 2. The fourth-order valence-electron chi connectivity index (χ4n) is 2.16. The van der Waals surface area contributed by atoms with Gasteiger partial charge < -0.3 is 10.2 Å². The molecular formula is C14H20Cl2N2S. The number of benzene rings is 1. The highest BCUT2D eigenvalue weighted by atomic mass is 35.5. The van der Waals surface area contributed by atoms with Crippen molar-refractivity contribution in [3.8, 4) is 0 Å². The molecule has 1 aliphatic rings. The van der Waals surface area contributed by atoms with Gasteiger partial charge in [-0.3, -0.25) is 0 Å². The van der Waals surface area contributed by atoms with Gasteiger partial charge in [0.2, 0.25) is 0 Å². The first kappa shape index (κ1) is 15.5. The Labute approximate surface area is 129 Å². The summed E-state index contributed by atoms with van der Waals surface area (Å²) in [5, 5.41) is 4.78. The Morgan fingerprint density at radius 1 is 1.26 bits per heavy atom. The van der Waals surface area contributed by atoms with Crippen molar-refractivity contribution in [2.75, 3.05) is 37.7 Å². The Kier molecular flexibility index (Phi) is 6.30. The second kappa shape index (κ2) is 7.75. The van der Waals surface area contributed by atoms with Crippen LogP contribution in [0.5, 0.6) is 0 Å². The highest BCUT2D eigenvalue weighted by Crippen LogP contribution is 2.25. The molecule has 2 rings (SSSR count). The maximum absolute atomic E-state index is 6.04. The van der Waals surface area contributed by atoms with E-state index in [0.717, 1.165) is 13.1 Å². The molecule has 0 amide bonds. The third-order valence-corrected chi connectivity index (χ3v) is 5.11. The van der Waals surface area contributed by atoms with E-state index in [1.165, 1.54) is 30.2 Å². The van der Waals surface area contributed by atoms with Gasteiger partial charge in [0.05, 0.1) is 10.0 Å². The lowest BCUT2D eigenvalue weighted by molar-refractivity contribution is 0.297. The van der Waals surface area contributed by atoms with Crippen molar-refractivity contribution in [2.24, 2.45) is 0 Å². The molecule has 1 N–H and O–H groups in total. The first-order chi connectivity index (χ1) is 9.16. The lowest BCUT2D eigenvalue weighted by Crippen LogP contribution is -2.38. The standard InChI is InChI=1S/C14H20Cl2N2S/c1-11(12-2-3-13(15)14(16)10-12)17-4-5-18-6-8-19-9-7-18/h2-3,10-11,17H,4-9H2,1H3. The van der Waals surface area contributed by atoms with Crippen LogP contribution in [0, 0.1) is 0 Å². The minimum absolute atomic E-state index is 0.300. The smallest absolute Gasteiger partial charge is 0.0595 e. The van der Waals surface area contributed by atoms with E-state index in [1.807, 2.05) is 30.0 Å². The zero-order chi connectivity index (χ0) is 13.7. The van der Waals surface area contributed by atoms with Gasteiger partial charge in [-0.05, 0) is 24.6 Å². The van der Waals surface area contributed by atoms with Crippen LogP contribution in [0.3, 0.4) is 0 Å². The van der Waals surface area contributed by atoms with Gasteiger partial charge in [-0.15, -0.1) is 0 Å². The van der Waals surface area contributed by atoms with Gasteiger partial charge in [0.25, 0.3) is 0 Å². The molecule has 1 aliphatic heterocycles. The molecule has 1 atom stereocenters. The molecule has 1 fully saturated rings. The van der Waals surface area contributed by atoms with Gasteiger partial charge in [-0.1, -0.05) is 29.3 Å². The number of hydrogen-bond donors (Lipinski definition) is 1. The zero-order valence-electron chi connectivity index (χ0n) is 11.2. The van der Waals surface area contributed by atoms with Crippen molar-refractivity contribution in [3.05, 3.63) is 33.8 Å². The van der Waals surface area contributed by atoms with Crippen molar-refractivity contribution < 1.29 is 0 Å². The van der Waals surface area contributed by atoms with Crippen LogP contribution >= 0.6 is 35.0 Å². The molecule has 0 bridgehead atoms. The van der Waals surface area contributed by atoms with E-state index < -0.39 is 0 Å². The Balaban J connectivity index is 1.76. The molecule has 0 aliphatic carbocycles. The van der Waals surface area contributed by atoms with Crippen molar-refractivity contribution in [1.29, 1.82) is 0 Å². The normalized spacial score (nSPS) is 18.5. The first-order valence-corrected chi connectivity index (χ1v) is 8.56. The predicted octanol–water partition coefficient (Wildman–Crippen LogP) is 3.69. The SMILES string of the molecule is CC(NCCN1CCSCC1)c1ccc(Cl)c(Cl)c1. The number of rotatable bonds is 5. The van der Waals surface area contributed by atoms with E-state index in [9.17, 15) is 0 Å². The van der Waals surface area contributed by atoms with Gasteiger partial charge >= 0.3 is 0 Å². The van der Waals surface area contributed by atoms with E-state index in [2.05, 4.69) is 17.1 Å². The third-order valence-electron chi connectivity index (χ3n) is 3.43. The minimum atomic E-state index is 0.300. The number of nitrogens with one attached hydrogen (secondary N) is 1. The number of thioether (sulfide) groups is 1. The molecule has 0 saturated carbocycles. The fraction of sp³-hybridized carbons (Fsp3) is 0.571. The summed E-state index contributed by atoms with van der Waals surface area (Å²) in [6, 6.07) is 6.14. The van der Waals surface area contributed by atoms with E-state index >= 15 is 0 Å². The van der Waals surface area contributed by atoms with Gasteiger partial charge in [0.1, 0.15) is 0 Å². The average Bonchev–Trinajstić information content (AvgIpc) is 2.43. The summed E-state index contributed by atoms with van der Waals surface area (Å²) in [5.74, 6) is 2.53. The van der Waals surface area contributed by atoms with Crippen LogP contribution in [0.15, 0.2) is 18.2 Å². The lowest BCUT2D eigenvalue weighted by Gasteiger charge is -2.27. The molecular weight excluding hydrogens is 299 g/mol. The summed E-state index contributed by atoms with van der Waals surface area (Å²) in [5.41, 5.74) is 1.18. The van der Waals surface area contributed by atoms with Gasteiger partial charge in [-0.2, -0.15) is 11.8 Å². The summed E-state index contributed by atoms with van der Waals surface area (Å²) in [6.45, 7) is 6.71. The molecule has 0 aromatic heterocycles. The van der Waals surface area contributed by atoms with Gasteiger partial charge in [0.15, 0.2) is 0 Å². The van der Waals surface area contributed by atoms with Crippen LogP contribution in [0.2, 0.25) is 10.0 Å². The summed E-state index contributed by atoms with van der Waals surface area (Å²) in [6.07, 6.45) is 0. The van der Waals surface area contributed by atoms with E-state index in [0.29, 0.717) is 16.1 Å². The van der Waals surface area contributed by atoms with E-state index in [4.69, 9.17) is 23.2 Å². The Morgan fingerprint density at radius 2 is 2.00 bits per heavy atom. The van der Waals surface area contributed by atoms with Crippen LogP contribution in [-0.2, 0) is 0 Å². The molecule has 5 heteroatoms. The predicted molar refractivity (Wildman–Crippen MR) is 86.6 cm³/mol. The topological polar surface area (TPSA) is 15.3 Å². The fourth-order valence-corrected chi connectivity index (χ4v) is 3.45. The molecule has 106 valence electrons. The molecule has 2 nitrogen and oxygen atoms in total. The lowest BCUT2D eigenvalue weighted by atomic mass is 10.1. The summed E-state index contributed by atoms with van der Waals surface area (Å²) < 4.78 is 0. The molecule has 1 saturated heterocycles. The summed E-state index contributed by atoms with van der Waals surface area (Å²) >= 11 is 14.0. The van der Waals surface area contributed by atoms with Crippen molar-refractivity contribution in [3.63, 3.8) is 0 Å². The van der Waals surface area contributed by atoms with Crippen molar-refractivity contribution in [1.82, 2.24) is 10.2 Å². The maximum atomic E-state index is 6.04. The maximum Gasteiger partial charge on any atom is 0.0595 e. The zero-order valence-corrected chi connectivity index (χ0v) is 13.5. The van der Waals surface area contributed by atoms with E-state index in [1.54, 1.807) is 0 Å². The van der Waals surface area contributed by atoms with Crippen LogP contribution < -0.4 is 5.32 Å². The Hall–Kier alpha value is 0.0700. The first-order valence-electron chi connectivity index (χ1n) is 6.65. The highest BCUT2D eigenvalue weighted by molar-refractivity contribution is 7.99. The quantitative estimate of drug-likeness (QED) is 0.891. The third kappa shape index (κ3) is 4.83. The van der Waals surface area contributed by atoms with Crippen LogP contribution in [0.1, 0.15) is 18.5 Å². The second-order valence-electron chi connectivity index (χ2n) is 4.80. The Morgan fingerprint density at radius 3 is 2.68 bits per heavy atom. The van der Waals surface area contributed by atoms with Crippen molar-refractivity contribution >= 4 is 35.0 Å². The molecule has 1 heterocycles. The van der Waals surface area contributed by atoms with Crippen LogP contribution in [0.4, 0.5) is 0 Å². The van der Waals surface area contributed by atoms with Crippen LogP contribution in [0.25, 0.3) is 0 Å². The molecule has 0 radical (unpaired) electrons. The number of nitrogens with zero attached hydrogens (tertiary/aromatic N) is 1. The largest absolute Gasteiger partial charge is 0.309 e. The molecule has 0 spiro atoms. The minimum Gasteiger partial charge on any atom is -0.309 e. The summed E-state index contributed by atoms with van der Waals surface area (Å²) in [7, 11) is 0. The molecule has 1 aromatic rings. The molecule has 1 unspecified atom stereocenters.